The van der Waals surface area contributed by atoms with Gasteiger partial charge in [0.1, 0.15) is 6.33 Å². The number of urea groups is 1. The van der Waals surface area contributed by atoms with E-state index in [4.69, 9.17) is 5.73 Å². The minimum atomic E-state index is -0.316. The van der Waals surface area contributed by atoms with Crippen LogP contribution in [-0.4, -0.2) is 20.8 Å². The van der Waals surface area contributed by atoms with Crippen molar-refractivity contribution in [3.05, 3.63) is 36.4 Å². The van der Waals surface area contributed by atoms with Crippen molar-refractivity contribution in [1.29, 1.82) is 0 Å². The van der Waals surface area contributed by atoms with E-state index in [-0.39, 0.29) is 6.03 Å². The minimum absolute atomic E-state index is 0.310. The number of carbonyl (C=O) groups is 1. The van der Waals surface area contributed by atoms with E-state index < -0.39 is 0 Å². The van der Waals surface area contributed by atoms with Gasteiger partial charge in [-0.05, 0) is 18.2 Å². The van der Waals surface area contributed by atoms with Gasteiger partial charge >= 0.3 is 6.03 Å². The lowest BCUT2D eigenvalue weighted by Gasteiger charge is -2.07. The molecule has 0 spiro atoms. The van der Waals surface area contributed by atoms with Gasteiger partial charge in [0.15, 0.2) is 5.82 Å². The predicted molar refractivity (Wildman–Crippen MR) is 67.7 cm³/mol. The largest absolute Gasteiger partial charge is 0.399 e. The lowest BCUT2D eigenvalue weighted by Crippen LogP contribution is -2.29. The molecule has 1 aromatic carbocycles. The second-order valence-corrected chi connectivity index (χ2v) is 3.79. The van der Waals surface area contributed by atoms with Crippen LogP contribution >= 0.6 is 0 Å². The summed E-state index contributed by atoms with van der Waals surface area (Å²) in [6.45, 7) is 0.310. The van der Waals surface area contributed by atoms with Crippen molar-refractivity contribution in [2.45, 2.75) is 6.54 Å². The standard InChI is InChI=1S/C11H14N6O/c1-17-7-14-16-10(17)6-13-11(18)15-9-4-2-3-8(12)5-9/h2-5,7H,6,12H2,1H3,(H2,13,15,18). The highest BCUT2D eigenvalue weighted by Crippen LogP contribution is 2.11. The Hall–Kier alpha value is -2.57. The van der Waals surface area contributed by atoms with Gasteiger partial charge in [0.25, 0.3) is 0 Å². The van der Waals surface area contributed by atoms with Crippen LogP contribution in [0, 0.1) is 0 Å². The Kier molecular flexibility index (Phi) is 3.42. The third-order valence-corrected chi connectivity index (χ3v) is 2.36. The highest BCUT2D eigenvalue weighted by Gasteiger charge is 2.04. The van der Waals surface area contributed by atoms with Gasteiger partial charge < -0.3 is 20.9 Å². The van der Waals surface area contributed by atoms with Crippen LogP contribution in [0.5, 0.6) is 0 Å². The first kappa shape index (κ1) is 11.9. The first-order chi connectivity index (χ1) is 8.65. The monoisotopic (exact) mass is 246 g/mol. The number of rotatable bonds is 3. The van der Waals surface area contributed by atoms with Crippen molar-refractivity contribution >= 4 is 17.4 Å². The number of aryl methyl sites for hydroxylation is 1. The molecule has 7 heteroatoms. The SMILES string of the molecule is Cn1cnnc1CNC(=O)Nc1cccc(N)c1. The lowest BCUT2D eigenvalue weighted by atomic mass is 10.3. The Bertz CT molecular complexity index is 550. The molecule has 94 valence electrons. The Labute approximate surface area is 104 Å². The number of amides is 2. The molecule has 0 fully saturated rings. The van der Waals surface area contributed by atoms with Gasteiger partial charge in [-0.3, -0.25) is 0 Å². The molecule has 0 aliphatic rings. The molecule has 0 unspecified atom stereocenters. The Morgan fingerprint density at radius 3 is 3.00 bits per heavy atom. The maximum atomic E-state index is 11.6. The van der Waals surface area contributed by atoms with Crippen LogP contribution in [0.25, 0.3) is 0 Å². The van der Waals surface area contributed by atoms with Gasteiger partial charge in [-0.1, -0.05) is 6.07 Å². The van der Waals surface area contributed by atoms with Crippen LogP contribution in [0.15, 0.2) is 30.6 Å². The Morgan fingerprint density at radius 1 is 1.50 bits per heavy atom. The summed E-state index contributed by atoms with van der Waals surface area (Å²) in [7, 11) is 1.81. The average Bonchev–Trinajstić information content (AvgIpc) is 2.72. The van der Waals surface area contributed by atoms with E-state index in [0.29, 0.717) is 23.7 Å². The molecule has 2 rings (SSSR count). The highest BCUT2D eigenvalue weighted by atomic mass is 16.2. The van der Waals surface area contributed by atoms with E-state index in [1.807, 2.05) is 7.05 Å². The van der Waals surface area contributed by atoms with E-state index in [0.717, 1.165) is 0 Å². The van der Waals surface area contributed by atoms with Crippen LogP contribution in [-0.2, 0) is 13.6 Å². The minimum Gasteiger partial charge on any atom is -0.399 e. The van der Waals surface area contributed by atoms with E-state index in [1.165, 1.54) is 0 Å². The van der Waals surface area contributed by atoms with E-state index in [9.17, 15) is 4.79 Å². The molecule has 7 nitrogen and oxygen atoms in total. The first-order valence-electron chi connectivity index (χ1n) is 5.38. The van der Waals surface area contributed by atoms with Gasteiger partial charge in [-0.15, -0.1) is 10.2 Å². The number of hydrogen-bond acceptors (Lipinski definition) is 4. The Morgan fingerprint density at radius 2 is 2.33 bits per heavy atom. The van der Waals surface area contributed by atoms with E-state index >= 15 is 0 Å². The zero-order valence-corrected chi connectivity index (χ0v) is 9.92. The number of aromatic nitrogens is 3. The molecule has 0 aliphatic carbocycles. The normalized spacial score (nSPS) is 10.1. The summed E-state index contributed by atoms with van der Waals surface area (Å²) < 4.78 is 1.74. The average molecular weight is 246 g/mol. The molecular formula is C11H14N6O. The van der Waals surface area contributed by atoms with Crippen LogP contribution in [0.4, 0.5) is 16.2 Å². The van der Waals surface area contributed by atoms with Gasteiger partial charge in [0, 0.05) is 18.4 Å². The molecule has 0 atom stereocenters. The number of hydrogen-bond donors (Lipinski definition) is 3. The zero-order valence-electron chi connectivity index (χ0n) is 9.92. The molecule has 1 heterocycles. The summed E-state index contributed by atoms with van der Waals surface area (Å²) in [5, 5.41) is 12.9. The fourth-order valence-corrected chi connectivity index (χ4v) is 1.42. The summed E-state index contributed by atoms with van der Waals surface area (Å²) in [6.07, 6.45) is 1.58. The molecule has 0 radical (unpaired) electrons. The summed E-state index contributed by atoms with van der Waals surface area (Å²) >= 11 is 0. The summed E-state index contributed by atoms with van der Waals surface area (Å²) in [5.74, 6) is 0.678. The summed E-state index contributed by atoms with van der Waals surface area (Å²) in [6, 6.07) is 6.65. The molecular weight excluding hydrogens is 232 g/mol. The van der Waals surface area contributed by atoms with Crippen molar-refractivity contribution in [3.63, 3.8) is 0 Å². The maximum absolute atomic E-state index is 11.6. The molecule has 2 aromatic rings. The lowest BCUT2D eigenvalue weighted by molar-refractivity contribution is 0.251. The first-order valence-corrected chi connectivity index (χ1v) is 5.38. The zero-order chi connectivity index (χ0) is 13.0. The molecule has 4 N–H and O–H groups in total. The molecule has 0 saturated carbocycles. The van der Waals surface area contributed by atoms with Gasteiger partial charge in [0.05, 0.1) is 6.54 Å². The van der Waals surface area contributed by atoms with Crippen molar-refractivity contribution in [1.82, 2.24) is 20.1 Å². The molecule has 0 aliphatic heterocycles. The third-order valence-electron chi connectivity index (χ3n) is 2.36. The predicted octanol–water partition coefficient (Wildman–Crippen LogP) is 0.719. The van der Waals surface area contributed by atoms with Gasteiger partial charge in [-0.25, -0.2) is 4.79 Å². The topological polar surface area (TPSA) is 97.9 Å². The number of nitrogens with zero attached hydrogens (tertiary/aromatic N) is 3. The summed E-state index contributed by atoms with van der Waals surface area (Å²) in [4.78, 5) is 11.6. The number of benzene rings is 1. The van der Waals surface area contributed by atoms with Crippen molar-refractivity contribution in [3.8, 4) is 0 Å². The van der Waals surface area contributed by atoms with Crippen molar-refractivity contribution in [2.75, 3.05) is 11.1 Å². The number of nitrogen functional groups attached to an aromatic ring is 1. The highest BCUT2D eigenvalue weighted by molar-refractivity contribution is 5.89. The number of nitrogens with two attached hydrogens (primary N) is 1. The van der Waals surface area contributed by atoms with Crippen LogP contribution in [0.1, 0.15) is 5.82 Å². The molecule has 0 bridgehead atoms. The van der Waals surface area contributed by atoms with E-state index in [2.05, 4.69) is 20.8 Å². The smallest absolute Gasteiger partial charge is 0.319 e. The van der Waals surface area contributed by atoms with Crippen molar-refractivity contribution < 1.29 is 4.79 Å². The number of nitrogens with one attached hydrogen (secondary N) is 2. The third kappa shape index (κ3) is 2.97. The van der Waals surface area contributed by atoms with Gasteiger partial charge in [-0.2, -0.15) is 0 Å². The van der Waals surface area contributed by atoms with Crippen LogP contribution in [0.2, 0.25) is 0 Å². The molecule has 0 saturated heterocycles. The molecule has 2 amide bonds. The number of carbonyl (C=O) groups excluding carboxylic acids is 1. The Balaban J connectivity index is 1.88. The van der Waals surface area contributed by atoms with Crippen molar-refractivity contribution in [2.24, 2.45) is 7.05 Å². The maximum Gasteiger partial charge on any atom is 0.319 e. The molecule has 18 heavy (non-hydrogen) atoms. The van der Waals surface area contributed by atoms with E-state index in [1.54, 1.807) is 35.2 Å². The fourth-order valence-electron chi connectivity index (χ4n) is 1.42. The van der Waals surface area contributed by atoms with Crippen LogP contribution in [0.3, 0.4) is 0 Å². The summed E-state index contributed by atoms with van der Waals surface area (Å²) in [5.41, 5.74) is 6.85. The quantitative estimate of drug-likeness (QED) is 0.695. The second-order valence-electron chi connectivity index (χ2n) is 3.79. The van der Waals surface area contributed by atoms with Gasteiger partial charge in [0.2, 0.25) is 0 Å². The second kappa shape index (κ2) is 5.17. The fraction of sp³-hybridized carbons (Fsp3) is 0.182. The van der Waals surface area contributed by atoms with Crippen LogP contribution < -0.4 is 16.4 Å². The number of anilines is 2. The molecule has 1 aromatic heterocycles.